The van der Waals surface area contributed by atoms with Gasteiger partial charge >= 0.3 is 6.18 Å². The van der Waals surface area contributed by atoms with Gasteiger partial charge in [-0.25, -0.2) is 9.97 Å². The van der Waals surface area contributed by atoms with E-state index >= 15 is 4.39 Å². The number of nitrogens with zero attached hydrogens (tertiary/aromatic N) is 3. The van der Waals surface area contributed by atoms with E-state index in [1.54, 1.807) is 4.90 Å². The average molecular weight is 453 g/mol. The first-order valence-corrected chi connectivity index (χ1v) is 10.8. The first-order chi connectivity index (χ1) is 15.3. The van der Waals surface area contributed by atoms with Crippen LogP contribution in [0.2, 0.25) is 0 Å². The number of aliphatic hydroxyl groups is 1. The van der Waals surface area contributed by atoms with Crippen molar-refractivity contribution in [2.24, 2.45) is 5.41 Å². The lowest BCUT2D eigenvalue weighted by atomic mass is 9.79. The molecule has 0 amide bonds. The van der Waals surface area contributed by atoms with Gasteiger partial charge in [0.05, 0.1) is 12.2 Å². The van der Waals surface area contributed by atoms with Crippen LogP contribution >= 0.6 is 0 Å². The van der Waals surface area contributed by atoms with Crippen molar-refractivity contribution < 1.29 is 22.7 Å². The van der Waals surface area contributed by atoms with E-state index in [9.17, 15) is 18.3 Å². The van der Waals surface area contributed by atoms with Gasteiger partial charge in [0.2, 0.25) is 5.82 Å². The predicted octanol–water partition coefficient (Wildman–Crippen LogP) is 3.58. The van der Waals surface area contributed by atoms with Crippen LogP contribution in [0.5, 0.6) is 0 Å². The van der Waals surface area contributed by atoms with Gasteiger partial charge in [-0.3, -0.25) is 0 Å². The molecule has 2 aromatic rings. The molecule has 6 nitrogen and oxygen atoms in total. The molecule has 10 heteroatoms. The Hall–Kier alpha value is -2.46. The van der Waals surface area contributed by atoms with E-state index in [0.717, 1.165) is 50.9 Å². The zero-order valence-electron chi connectivity index (χ0n) is 17.6. The largest absolute Gasteiger partial charge is 0.416 e. The summed E-state index contributed by atoms with van der Waals surface area (Å²) in [6.45, 7) is 2.23. The summed E-state index contributed by atoms with van der Waals surface area (Å²) in [6.07, 6.45) is 0.183. The van der Waals surface area contributed by atoms with Crippen molar-refractivity contribution >= 4 is 11.6 Å². The van der Waals surface area contributed by atoms with Gasteiger partial charge in [-0.1, -0.05) is 12.1 Å². The topological polar surface area (TPSA) is 73.3 Å². The van der Waals surface area contributed by atoms with Gasteiger partial charge in [-0.2, -0.15) is 17.6 Å². The summed E-state index contributed by atoms with van der Waals surface area (Å²) in [5.41, 5.74) is -0.403. The van der Waals surface area contributed by atoms with E-state index in [4.69, 9.17) is 0 Å². The molecular formula is C22H27F4N5O. The fourth-order valence-electron chi connectivity index (χ4n) is 4.06. The summed E-state index contributed by atoms with van der Waals surface area (Å²) in [6, 6.07) is 4.99. The number of hydrogen-bond acceptors (Lipinski definition) is 6. The molecule has 174 valence electrons. The Bertz CT molecular complexity index is 912. The van der Waals surface area contributed by atoms with Crippen molar-refractivity contribution in [2.75, 3.05) is 36.5 Å². The molecule has 32 heavy (non-hydrogen) atoms. The summed E-state index contributed by atoms with van der Waals surface area (Å²) in [7, 11) is 0. The number of anilines is 2. The Morgan fingerprint density at radius 1 is 1.12 bits per heavy atom. The second-order valence-corrected chi connectivity index (χ2v) is 8.68. The van der Waals surface area contributed by atoms with E-state index < -0.39 is 17.6 Å². The highest BCUT2D eigenvalue weighted by Gasteiger charge is 2.35. The lowest BCUT2D eigenvalue weighted by Gasteiger charge is -2.36. The molecule has 2 heterocycles. The molecule has 1 aromatic carbocycles. The maximum absolute atomic E-state index is 15.4. The molecule has 2 aliphatic rings. The van der Waals surface area contributed by atoms with Crippen molar-refractivity contribution in [1.29, 1.82) is 0 Å². The molecule has 2 fully saturated rings. The van der Waals surface area contributed by atoms with Gasteiger partial charge in [-0.05, 0) is 56.5 Å². The van der Waals surface area contributed by atoms with Crippen LogP contribution in [0.1, 0.15) is 36.8 Å². The number of nitrogens with one attached hydrogen (secondary N) is 2. The lowest BCUT2D eigenvalue weighted by Crippen LogP contribution is -2.43. The predicted molar refractivity (Wildman–Crippen MR) is 113 cm³/mol. The number of alkyl halides is 3. The molecule has 1 aliphatic heterocycles. The number of hydrogen-bond donors (Lipinski definition) is 3. The van der Waals surface area contributed by atoms with Crippen LogP contribution in [0.25, 0.3) is 0 Å². The van der Waals surface area contributed by atoms with Gasteiger partial charge in [0.15, 0.2) is 11.6 Å². The maximum atomic E-state index is 15.4. The van der Waals surface area contributed by atoms with Crippen LogP contribution in [0.3, 0.4) is 0 Å². The molecule has 0 unspecified atom stereocenters. The number of halogens is 4. The standard InChI is InChI=1S/C22H27F4N5O/c23-18-19(28-12-21(13-32)7-9-27-10-8-21)29-14-30-20(18)31(17-5-6-17)11-15-1-3-16(4-2-15)22(24,25)26/h1-4,14,17,27,32H,5-13H2,(H,28,29,30). The van der Waals surface area contributed by atoms with E-state index in [1.165, 1.54) is 18.5 Å². The quantitative estimate of drug-likeness (QED) is 0.531. The van der Waals surface area contributed by atoms with Crippen molar-refractivity contribution in [1.82, 2.24) is 15.3 Å². The minimum atomic E-state index is -4.39. The van der Waals surface area contributed by atoms with Crippen LogP contribution in [0, 0.1) is 11.2 Å². The third-order valence-electron chi connectivity index (χ3n) is 6.30. The average Bonchev–Trinajstić information content (AvgIpc) is 3.63. The first kappa shape index (κ1) is 22.7. The van der Waals surface area contributed by atoms with Crippen molar-refractivity contribution in [3.63, 3.8) is 0 Å². The number of piperidine rings is 1. The Morgan fingerprint density at radius 2 is 1.81 bits per heavy atom. The second-order valence-electron chi connectivity index (χ2n) is 8.68. The van der Waals surface area contributed by atoms with Gasteiger partial charge < -0.3 is 20.6 Å². The summed E-state index contributed by atoms with van der Waals surface area (Å²) in [5, 5.41) is 16.2. The highest BCUT2D eigenvalue weighted by molar-refractivity contribution is 5.52. The molecule has 4 rings (SSSR count). The Morgan fingerprint density at radius 3 is 2.41 bits per heavy atom. The molecule has 0 radical (unpaired) electrons. The Kier molecular flexibility index (Phi) is 6.52. The van der Waals surface area contributed by atoms with E-state index in [2.05, 4.69) is 20.6 Å². The van der Waals surface area contributed by atoms with Crippen LogP contribution in [-0.4, -0.2) is 47.4 Å². The number of aliphatic hydroxyl groups excluding tert-OH is 1. The van der Waals surface area contributed by atoms with E-state index in [0.29, 0.717) is 12.1 Å². The first-order valence-electron chi connectivity index (χ1n) is 10.8. The fraction of sp³-hybridized carbons (Fsp3) is 0.545. The van der Waals surface area contributed by atoms with Crippen molar-refractivity contribution in [3.8, 4) is 0 Å². The summed E-state index contributed by atoms with van der Waals surface area (Å²) in [5.74, 6) is -0.388. The molecule has 1 aliphatic carbocycles. The lowest BCUT2D eigenvalue weighted by molar-refractivity contribution is -0.137. The minimum absolute atomic E-state index is 0.00333. The summed E-state index contributed by atoms with van der Waals surface area (Å²) in [4.78, 5) is 9.99. The normalized spacial score (nSPS) is 18.4. The molecule has 1 saturated carbocycles. The van der Waals surface area contributed by atoms with E-state index in [1.807, 2.05) is 0 Å². The van der Waals surface area contributed by atoms with Crippen LogP contribution in [0.15, 0.2) is 30.6 Å². The highest BCUT2D eigenvalue weighted by atomic mass is 19.4. The second kappa shape index (κ2) is 9.19. The van der Waals surface area contributed by atoms with Gasteiger partial charge in [-0.15, -0.1) is 0 Å². The Balaban J connectivity index is 1.51. The number of benzene rings is 1. The van der Waals surface area contributed by atoms with Gasteiger partial charge in [0, 0.05) is 24.5 Å². The number of aromatic nitrogens is 2. The third kappa shape index (κ3) is 5.12. The zero-order valence-corrected chi connectivity index (χ0v) is 17.6. The maximum Gasteiger partial charge on any atom is 0.416 e. The van der Waals surface area contributed by atoms with Crippen LogP contribution < -0.4 is 15.5 Å². The Labute approximate surface area is 184 Å². The monoisotopic (exact) mass is 453 g/mol. The molecule has 0 bridgehead atoms. The van der Waals surface area contributed by atoms with Gasteiger partial charge in [0.25, 0.3) is 0 Å². The molecule has 1 saturated heterocycles. The number of rotatable bonds is 8. The van der Waals surface area contributed by atoms with Gasteiger partial charge in [0.1, 0.15) is 6.33 Å². The molecule has 1 aromatic heterocycles. The van der Waals surface area contributed by atoms with E-state index in [-0.39, 0.29) is 36.2 Å². The molecule has 3 N–H and O–H groups in total. The summed E-state index contributed by atoms with van der Waals surface area (Å²) < 4.78 is 53.9. The fourth-order valence-corrected chi connectivity index (χ4v) is 4.06. The molecule has 0 atom stereocenters. The summed E-state index contributed by atoms with van der Waals surface area (Å²) >= 11 is 0. The van der Waals surface area contributed by atoms with Crippen molar-refractivity contribution in [3.05, 3.63) is 47.5 Å². The molecular weight excluding hydrogens is 426 g/mol. The van der Waals surface area contributed by atoms with Crippen LogP contribution in [0.4, 0.5) is 29.2 Å². The minimum Gasteiger partial charge on any atom is -0.396 e. The van der Waals surface area contributed by atoms with Crippen LogP contribution in [-0.2, 0) is 12.7 Å². The van der Waals surface area contributed by atoms with Crippen molar-refractivity contribution in [2.45, 2.75) is 44.4 Å². The molecule has 0 spiro atoms. The SMILES string of the molecule is OCC1(CNc2ncnc(N(Cc3ccc(C(F)(F)F)cc3)C3CC3)c2F)CCNCC1. The third-order valence-corrected chi connectivity index (χ3v) is 6.30. The smallest absolute Gasteiger partial charge is 0.396 e. The highest BCUT2D eigenvalue weighted by Crippen LogP contribution is 2.36. The zero-order chi connectivity index (χ0) is 22.8.